The molecule has 2 fully saturated rings. The van der Waals surface area contributed by atoms with Gasteiger partial charge in [0.2, 0.25) is 21.1 Å². The lowest BCUT2D eigenvalue weighted by Crippen LogP contribution is -2.47. The van der Waals surface area contributed by atoms with E-state index in [-0.39, 0.29) is 10.0 Å². The normalized spacial score (nSPS) is 16.8. The van der Waals surface area contributed by atoms with Crippen molar-refractivity contribution in [2.45, 2.75) is 29.7 Å². The van der Waals surface area contributed by atoms with Crippen LogP contribution in [-0.2, 0) is 10.0 Å². The average Bonchev–Trinajstić information content (AvgIpc) is 3.44. The summed E-state index contributed by atoms with van der Waals surface area (Å²) < 4.78 is 57.5. The Morgan fingerprint density at radius 2 is 1.76 bits per heavy atom. The Bertz CT molecular complexity index is 1960. The molecule has 13 nitrogen and oxygen atoms in total. The van der Waals surface area contributed by atoms with E-state index >= 15 is 0 Å². The van der Waals surface area contributed by atoms with Gasteiger partial charge in [-0.3, -0.25) is 4.57 Å². The number of hydrogen-bond donors (Lipinski definition) is 1. The first-order valence-corrected chi connectivity index (χ1v) is 15.2. The zero-order chi connectivity index (χ0) is 29.1. The number of nitrogens with one attached hydrogen (secondary N) is 1. The van der Waals surface area contributed by atoms with Crippen molar-refractivity contribution in [3.05, 3.63) is 48.0 Å². The Morgan fingerprint density at radius 1 is 1.02 bits per heavy atom. The molecule has 1 saturated carbocycles. The van der Waals surface area contributed by atoms with Gasteiger partial charge in [-0.15, -0.1) is 10.2 Å². The van der Waals surface area contributed by atoms with Crippen molar-refractivity contribution in [1.29, 1.82) is 5.26 Å². The van der Waals surface area contributed by atoms with E-state index in [2.05, 4.69) is 44.7 Å². The molecule has 1 aliphatic heterocycles. The van der Waals surface area contributed by atoms with Gasteiger partial charge in [-0.25, -0.2) is 37.1 Å². The quantitative estimate of drug-likeness (QED) is 0.289. The summed E-state index contributed by atoms with van der Waals surface area (Å²) in [5.41, 5.74) is -0.360. The zero-order valence-electron chi connectivity index (χ0n) is 21.7. The largest absolute Gasteiger partial charge is 0.352 e. The van der Waals surface area contributed by atoms with Crippen molar-refractivity contribution >= 4 is 55.1 Å². The molecule has 5 aromatic rings. The molecule has 0 radical (unpaired) electrons. The highest BCUT2D eigenvalue weighted by atomic mass is 32.2. The maximum Gasteiger partial charge on any atom is 0.291 e. The third-order valence-electron chi connectivity index (χ3n) is 7.32. The Hall–Kier alpha value is -4.40. The standard InChI is InChI=1S/C25H21F2N11O2S2/c26-19(27)22-33-34-24(41-22)38-17-12-15(42(39,40)35-25(13-28)4-5-25)2-3-16(17)18-20(31-14-32-21(18)38)36-8-10-37(11-9-36)23-29-6-1-7-30-23/h1-3,6-7,12,14,19,35H,4-5,8-11H2. The molecule has 5 heterocycles. The second kappa shape index (κ2) is 9.86. The minimum absolute atomic E-state index is 0.0786. The van der Waals surface area contributed by atoms with E-state index in [0.717, 1.165) is 0 Å². The van der Waals surface area contributed by atoms with E-state index in [1.54, 1.807) is 24.5 Å². The van der Waals surface area contributed by atoms with Crippen LogP contribution in [0, 0.1) is 11.3 Å². The number of nitriles is 1. The fraction of sp³-hybridized carbons (Fsp3) is 0.320. The van der Waals surface area contributed by atoms with Crippen molar-refractivity contribution in [3.63, 3.8) is 0 Å². The summed E-state index contributed by atoms with van der Waals surface area (Å²) in [4.78, 5) is 21.8. The summed E-state index contributed by atoms with van der Waals surface area (Å²) in [6.07, 6.45) is 2.81. The Labute approximate surface area is 241 Å². The van der Waals surface area contributed by atoms with Crippen LogP contribution in [0.2, 0.25) is 0 Å². The molecule has 2 aliphatic rings. The number of piperazine rings is 1. The number of anilines is 2. The second-order valence-electron chi connectivity index (χ2n) is 9.96. The lowest BCUT2D eigenvalue weighted by molar-refractivity contribution is 0.150. The average molecular weight is 610 g/mol. The topological polar surface area (TPSA) is 159 Å². The summed E-state index contributed by atoms with van der Waals surface area (Å²) in [5.74, 6) is 1.26. The van der Waals surface area contributed by atoms with Gasteiger partial charge < -0.3 is 9.80 Å². The molecule has 4 aromatic heterocycles. The summed E-state index contributed by atoms with van der Waals surface area (Å²) >= 11 is 0.693. The SMILES string of the molecule is N#CC1(NS(=O)(=O)c2ccc3c4c(N5CCN(c6ncccn6)CC5)ncnc4n(-c4nnc(C(F)F)s4)c3c2)CC1. The number of hydrogen-bond acceptors (Lipinski definition) is 12. The number of fused-ring (bicyclic) bond motifs is 3. The highest BCUT2D eigenvalue weighted by molar-refractivity contribution is 7.89. The van der Waals surface area contributed by atoms with Crippen LogP contribution in [-0.4, -0.2) is 74.8 Å². The molecular weight excluding hydrogens is 588 g/mol. The molecule has 42 heavy (non-hydrogen) atoms. The fourth-order valence-corrected chi connectivity index (χ4v) is 7.17. The van der Waals surface area contributed by atoms with Crippen LogP contribution in [0.3, 0.4) is 0 Å². The van der Waals surface area contributed by atoms with Gasteiger partial charge in [-0.05, 0) is 31.0 Å². The van der Waals surface area contributed by atoms with Crippen molar-refractivity contribution < 1.29 is 17.2 Å². The Kier molecular flexibility index (Phi) is 6.22. The maximum absolute atomic E-state index is 13.5. The van der Waals surface area contributed by atoms with E-state index in [1.165, 1.54) is 23.0 Å². The van der Waals surface area contributed by atoms with Gasteiger partial charge in [0.05, 0.1) is 21.9 Å². The van der Waals surface area contributed by atoms with Crippen molar-refractivity contribution in [1.82, 2.24) is 39.4 Å². The highest BCUT2D eigenvalue weighted by Crippen LogP contribution is 2.40. The van der Waals surface area contributed by atoms with Crippen molar-refractivity contribution in [2.75, 3.05) is 36.0 Å². The van der Waals surface area contributed by atoms with Crippen LogP contribution in [0.5, 0.6) is 0 Å². The van der Waals surface area contributed by atoms with Crippen LogP contribution in [0.25, 0.3) is 27.1 Å². The lowest BCUT2D eigenvalue weighted by Gasteiger charge is -2.35. The number of halogens is 2. The fourth-order valence-electron chi connectivity index (χ4n) is 5.06. The van der Waals surface area contributed by atoms with E-state index in [4.69, 9.17) is 0 Å². The molecule has 1 N–H and O–H groups in total. The van der Waals surface area contributed by atoms with Gasteiger partial charge in [-0.2, -0.15) is 9.98 Å². The van der Waals surface area contributed by atoms with E-state index in [9.17, 15) is 22.5 Å². The van der Waals surface area contributed by atoms with E-state index in [1.807, 2.05) is 6.07 Å². The summed E-state index contributed by atoms with van der Waals surface area (Å²) in [5, 5.41) is 17.9. The number of sulfonamides is 1. The van der Waals surface area contributed by atoms with Gasteiger partial charge in [0.1, 0.15) is 17.7 Å². The molecular formula is C25H21F2N11O2S2. The zero-order valence-corrected chi connectivity index (χ0v) is 23.4. The Balaban J connectivity index is 1.35. The number of benzene rings is 1. The molecule has 1 aromatic carbocycles. The summed E-state index contributed by atoms with van der Waals surface area (Å²) in [6, 6.07) is 8.32. The molecule has 17 heteroatoms. The monoisotopic (exact) mass is 609 g/mol. The number of rotatable bonds is 7. The first kappa shape index (κ1) is 26.5. The molecule has 0 spiro atoms. The van der Waals surface area contributed by atoms with Crippen LogP contribution >= 0.6 is 11.3 Å². The minimum Gasteiger partial charge on any atom is -0.352 e. The smallest absolute Gasteiger partial charge is 0.291 e. The first-order valence-electron chi connectivity index (χ1n) is 12.9. The van der Waals surface area contributed by atoms with Gasteiger partial charge in [-0.1, -0.05) is 17.4 Å². The lowest BCUT2D eigenvalue weighted by atomic mass is 10.2. The van der Waals surface area contributed by atoms with Gasteiger partial charge in [0.15, 0.2) is 10.7 Å². The van der Waals surface area contributed by atoms with Gasteiger partial charge in [0.25, 0.3) is 6.43 Å². The molecule has 0 unspecified atom stereocenters. The van der Waals surface area contributed by atoms with Crippen molar-refractivity contribution in [3.8, 4) is 11.2 Å². The van der Waals surface area contributed by atoms with Crippen LogP contribution in [0.15, 0.2) is 47.9 Å². The highest BCUT2D eigenvalue weighted by Gasteiger charge is 2.47. The minimum atomic E-state index is -4.07. The van der Waals surface area contributed by atoms with Crippen molar-refractivity contribution in [2.24, 2.45) is 0 Å². The maximum atomic E-state index is 13.5. The Morgan fingerprint density at radius 3 is 2.43 bits per heavy atom. The number of nitrogens with zero attached hydrogens (tertiary/aromatic N) is 10. The summed E-state index contributed by atoms with van der Waals surface area (Å²) in [6.45, 7) is 2.46. The predicted octanol–water partition coefficient (Wildman–Crippen LogP) is 2.81. The van der Waals surface area contributed by atoms with Gasteiger partial charge in [0, 0.05) is 44.0 Å². The van der Waals surface area contributed by atoms with Gasteiger partial charge >= 0.3 is 0 Å². The molecule has 1 saturated heterocycles. The molecule has 7 rings (SSSR count). The van der Waals surface area contributed by atoms with Crippen LogP contribution in [0.4, 0.5) is 20.5 Å². The van der Waals surface area contributed by atoms with Crippen LogP contribution < -0.4 is 14.5 Å². The second-order valence-corrected chi connectivity index (χ2v) is 12.6. The molecule has 214 valence electrons. The molecule has 1 aliphatic carbocycles. The number of alkyl halides is 2. The van der Waals surface area contributed by atoms with E-state index < -0.39 is 27.0 Å². The molecule has 0 amide bonds. The molecule has 0 bridgehead atoms. The first-order chi connectivity index (χ1) is 20.3. The summed E-state index contributed by atoms with van der Waals surface area (Å²) in [7, 11) is -4.07. The van der Waals surface area contributed by atoms with Crippen LogP contribution in [0.1, 0.15) is 24.3 Å². The van der Waals surface area contributed by atoms with E-state index in [0.29, 0.717) is 84.1 Å². The third-order valence-corrected chi connectivity index (χ3v) is 9.77. The number of aromatic nitrogens is 7. The molecule has 0 atom stereocenters. The third kappa shape index (κ3) is 4.47. The predicted molar refractivity (Wildman–Crippen MR) is 149 cm³/mol.